The third kappa shape index (κ3) is 4.16. The summed E-state index contributed by atoms with van der Waals surface area (Å²) >= 11 is 6.07. The molecule has 0 unspecified atom stereocenters. The lowest BCUT2D eigenvalue weighted by molar-refractivity contribution is 0.0932. The summed E-state index contributed by atoms with van der Waals surface area (Å²) in [6.45, 7) is 2.79. The highest BCUT2D eigenvalue weighted by molar-refractivity contribution is 6.31. The second-order valence-corrected chi connectivity index (χ2v) is 4.98. The fraction of sp³-hybridized carbons (Fsp3) is 0.267. The van der Waals surface area contributed by atoms with Gasteiger partial charge >= 0.3 is 0 Å². The molecule has 2 aromatic rings. The molecule has 0 atom stereocenters. The number of hydrogen-bond acceptors (Lipinski definition) is 5. The van der Waals surface area contributed by atoms with Crippen LogP contribution in [0.2, 0.25) is 5.02 Å². The summed E-state index contributed by atoms with van der Waals surface area (Å²) in [5.74, 6) is 0.258. The van der Waals surface area contributed by atoms with Crippen molar-refractivity contribution in [2.45, 2.75) is 6.92 Å². The number of halogens is 1. The smallest absolute Gasteiger partial charge is 0.271 e. The minimum absolute atomic E-state index is 0.254. The Hall–Kier alpha value is -2.18. The SMILES string of the molecule is COCCNC(=O)c1cnc(Nc2cccc(Cl)c2C)cn1. The molecule has 1 aromatic heterocycles. The molecule has 1 amide bonds. The van der Waals surface area contributed by atoms with Crippen LogP contribution in [0.25, 0.3) is 0 Å². The number of amides is 1. The van der Waals surface area contributed by atoms with E-state index >= 15 is 0 Å². The van der Waals surface area contributed by atoms with Crippen LogP contribution in [-0.4, -0.2) is 36.1 Å². The maximum atomic E-state index is 11.8. The van der Waals surface area contributed by atoms with Gasteiger partial charge in [0, 0.05) is 24.4 Å². The van der Waals surface area contributed by atoms with Gasteiger partial charge in [0.05, 0.1) is 19.0 Å². The average Bonchev–Trinajstić information content (AvgIpc) is 2.53. The average molecular weight is 321 g/mol. The minimum Gasteiger partial charge on any atom is -0.383 e. The van der Waals surface area contributed by atoms with E-state index in [0.29, 0.717) is 24.0 Å². The Morgan fingerprint density at radius 3 is 2.82 bits per heavy atom. The molecule has 22 heavy (non-hydrogen) atoms. The van der Waals surface area contributed by atoms with Crippen LogP contribution in [0, 0.1) is 6.92 Å². The van der Waals surface area contributed by atoms with Gasteiger partial charge in [-0.25, -0.2) is 9.97 Å². The van der Waals surface area contributed by atoms with Gasteiger partial charge in [0.25, 0.3) is 5.91 Å². The summed E-state index contributed by atoms with van der Waals surface area (Å²) < 4.78 is 4.86. The maximum Gasteiger partial charge on any atom is 0.271 e. The molecule has 116 valence electrons. The number of nitrogens with zero attached hydrogens (tertiary/aromatic N) is 2. The Kier molecular flexibility index (Phi) is 5.68. The molecule has 2 N–H and O–H groups in total. The van der Waals surface area contributed by atoms with Gasteiger partial charge in [-0.1, -0.05) is 17.7 Å². The first-order valence-corrected chi connectivity index (χ1v) is 7.11. The normalized spacial score (nSPS) is 10.3. The number of hydrogen-bond donors (Lipinski definition) is 2. The van der Waals surface area contributed by atoms with E-state index in [4.69, 9.17) is 16.3 Å². The molecule has 0 fully saturated rings. The maximum absolute atomic E-state index is 11.8. The number of rotatable bonds is 6. The molecule has 0 aliphatic heterocycles. The number of anilines is 2. The highest BCUT2D eigenvalue weighted by atomic mass is 35.5. The Morgan fingerprint density at radius 2 is 2.14 bits per heavy atom. The number of ether oxygens (including phenoxy) is 1. The predicted molar refractivity (Wildman–Crippen MR) is 85.7 cm³/mol. The number of methoxy groups -OCH3 is 1. The first-order valence-electron chi connectivity index (χ1n) is 6.73. The van der Waals surface area contributed by atoms with Crippen molar-refractivity contribution in [1.82, 2.24) is 15.3 Å². The molecule has 0 saturated heterocycles. The van der Waals surface area contributed by atoms with Crippen molar-refractivity contribution in [3.63, 3.8) is 0 Å². The zero-order valence-corrected chi connectivity index (χ0v) is 13.1. The standard InChI is InChI=1S/C15H17ClN4O2/c1-10-11(16)4-3-5-12(10)20-14-9-18-13(8-19-14)15(21)17-6-7-22-2/h3-5,8-9H,6-7H2,1-2H3,(H,17,21)(H,19,20). The molecule has 1 aromatic carbocycles. The lowest BCUT2D eigenvalue weighted by Gasteiger charge is -2.10. The zero-order valence-electron chi connectivity index (χ0n) is 12.4. The van der Waals surface area contributed by atoms with E-state index in [1.807, 2.05) is 25.1 Å². The third-order valence-electron chi connectivity index (χ3n) is 3.01. The van der Waals surface area contributed by atoms with Crippen molar-refractivity contribution in [3.05, 3.63) is 46.9 Å². The zero-order chi connectivity index (χ0) is 15.9. The summed E-state index contributed by atoms with van der Waals surface area (Å²) in [5, 5.41) is 6.48. The second kappa shape index (κ2) is 7.72. The van der Waals surface area contributed by atoms with Crippen LogP contribution >= 0.6 is 11.6 Å². The summed E-state index contributed by atoms with van der Waals surface area (Å²) in [6, 6.07) is 5.57. The second-order valence-electron chi connectivity index (χ2n) is 4.57. The Bertz CT molecular complexity index is 646. The topological polar surface area (TPSA) is 76.1 Å². The van der Waals surface area contributed by atoms with Gasteiger partial charge in [-0.05, 0) is 24.6 Å². The van der Waals surface area contributed by atoms with E-state index in [1.165, 1.54) is 12.4 Å². The van der Waals surface area contributed by atoms with E-state index in [2.05, 4.69) is 20.6 Å². The van der Waals surface area contributed by atoms with Gasteiger partial charge in [-0.2, -0.15) is 0 Å². The van der Waals surface area contributed by atoms with Crippen molar-refractivity contribution >= 4 is 29.0 Å². The molecule has 0 aliphatic carbocycles. The van der Waals surface area contributed by atoms with Crippen LogP contribution in [0.15, 0.2) is 30.6 Å². The van der Waals surface area contributed by atoms with Gasteiger partial charge in [0.1, 0.15) is 11.5 Å². The Labute approximate surface area is 133 Å². The summed E-state index contributed by atoms with van der Waals surface area (Å²) in [7, 11) is 1.57. The van der Waals surface area contributed by atoms with E-state index in [-0.39, 0.29) is 11.6 Å². The first-order chi connectivity index (χ1) is 10.6. The molecule has 0 aliphatic rings. The lowest BCUT2D eigenvalue weighted by atomic mass is 10.2. The van der Waals surface area contributed by atoms with Crippen molar-refractivity contribution in [3.8, 4) is 0 Å². The molecule has 0 spiro atoms. The van der Waals surface area contributed by atoms with E-state index in [9.17, 15) is 4.79 Å². The van der Waals surface area contributed by atoms with Crippen LogP contribution in [0.5, 0.6) is 0 Å². The van der Waals surface area contributed by atoms with Crippen LogP contribution in [0.4, 0.5) is 11.5 Å². The third-order valence-corrected chi connectivity index (χ3v) is 3.42. The fourth-order valence-corrected chi connectivity index (χ4v) is 1.92. The quantitative estimate of drug-likeness (QED) is 0.800. The van der Waals surface area contributed by atoms with Crippen molar-refractivity contribution in [2.75, 3.05) is 25.6 Å². The van der Waals surface area contributed by atoms with E-state index in [1.54, 1.807) is 7.11 Å². The van der Waals surface area contributed by atoms with Crippen LogP contribution in [-0.2, 0) is 4.74 Å². The Morgan fingerprint density at radius 1 is 1.32 bits per heavy atom. The lowest BCUT2D eigenvalue weighted by Crippen LogP contribution is -2.27. The summed E-state index contributed by atoms with van der Waals surface area (Å²) in [6.07, 6.45) is 2.93. The predicted octanol–water partition coefficient (Wildman–Crippen LogP) is 2.56. The molecule has 0 saturated carbocycles. The molecular weight excluding hydrogens is 304 g/mol. The number of nitrogens with one attached hydrogen (secondary N) is 2. The van der Waals surface area contributed by atoms with Crippen LogP contribution in [0.3, 0.4) is 0 Å². The monoisotopic (exact) mass is 320 g/mol. The molecule has 2 rings (SSSR count). The number of aromatic nitrogens is 2. The molecule has 0 radical (unpaired) electrons. The highest BCUT2D eigenvalue weighted by Crippen LogP contribution is 2.25. The number of carbonyl (C=O) groups is 1. The largest absolute Gasteiger partial charge is 0.383 e. The number of benzene rings is 1. The van der Waals surface area contributed by atoms with E-state index in [0.717, 1.165) is 11.3 Å². The number of carbonyl (C=O) groups excluding carboxylic acids is 1. The van der Waals surface area contributed by atoms with Gasteiger partial charge < -0.3 is 15.4 Å². The molecule has 7 heteroatoms. The summed E-state index contributed by atoms with van der Waals surface area (Å²) in [4.78, 5) is 20.1. The first kappa shape index (κ1) is 16.2. The van der Waals surface area contributed by atoms with Crippen LogP contribution in [0.1, 0.15) is 16.1 Å². The molecule has 6 nitrogen and oxygen atoms in total. The molecule has 1 heterocycles. The van der Waals surface area contributed by atoms with Crippen LogP contribution < -0.4 is 10.6 Å². The van der Waals surface area contributed by atoms with Gasteiger partial charge in [-0.3, -0.25) is 4.79 Å². The van der Waals surface area contributed by atoms with Gasteiger partial charge in [0.2, 0.25) is 0 Å². The van der Waals surface area contributed by atoms with Crippen molar-refractivity contribution in [1.29, 1.82) is 0 Å². The minimum atomic E-state index is -0.282. The highest BCUT2D eigenvalue weighted by Gasteiger charge is 2.08. The fourth-order valence-electron chi connectivity index (χ4n) is 1.75. The Balaban J connectivity index is 2.03. The molecular formula is C15H17ClN4O2. The summed E-state index contributed by atoms with van der Waals surface area (Å²) in [5.41, 5.74) is 2.02. The van der Waals surface area contributed by atoms with E-state index < -0.39 is 0 Å². The van der Waals surface area contributed by atoms with Crippen molar-refractivity contribution in [2.24, 2.45) is 0 Å². The molecule has 0 bridgehead atoms. The van der Waals surface area contributed by atoms with Gasteiger partial charge in [0.15, 0.2) is 0 Å². The van der Waals surface area contributed by atoms with Gasteiger partial charge in [-0.15, -0.1) is 0 Å². The van der Waals surface area contributed by atoms with Crippen molar-refractivity contribution < 1.29 is 9.53 Å².